The number of rotatable bonds is 4. The summed E-state index contributed by atoms with van der Waals surface area (Å²) in [6, 6.07) is 3.40. The van der Waals surface area contributed by atoms with Crippen molar-refractivity contribution in [3.8, 4) is 11.5 Å². The summed E-state index contributed by atoms with van der Waals surface area (Å²) in [4.78, 5) is 11.6. The molecule has 0 fully saturated rings. The van der Waals surface area contributed by atoms with E-state index in [4.69, 9.17) is 15.2 Å². The Hall–Kier alpha value is -1.07. The Labute approximate surface area is 96.5 Å². The van der Waals surface area contributed by atoms with Crippen LogP contribution in [-0.2, 0) is 0 Å². The molecule has 0 amide bonds. The molecule has 0 saturated carbocycles. The Morgan fingerprint density at radius 1 is 1.33 bits per heavy atom. The SMILES string of the molecule is COc1cc(Br)cc(OC)c1C(=O)CN. The quantitative estimate of drug-likeness (QED) is 0.847. The monoisotopic (exact) mass is 273 g/mol. The predicted molar refractivity (Wildman–Crippen MR) is 60.6 cm³/mol. The molecule has 1 rings (SSSR count). The van der Waals surface area contributed by atoms with Gasteiger partial charge in [-0.25, -0.2) is 0 Å². The number of nitrogens with two attached hydrogens (primary N) is 1. The molecule has 0 aliphatic carbocycles. The zero-order valence-electron chi connectivity index (χ0n) is 8.54. The van der Waals surface area contributed by atoms with Crippen molar-refractivity contribution in [1.29, 1.82) is 0 Å². The summed E-state index contributed by atoms with van der Waals surface area (Å²) < 4.78 is 11.0. The van der Waals surface area contributed by atoms with Gasteiger partial charge >= 0.3 is 0 Å². The second-order valence-electron chi connectivity index (χ2n) is 2.81. The molecule has 0 radical (unpaired) electrons. The molecular weight excluding hydrogens is 262 g/mol. The minimum Gasteiger partial charge on any atom is -0.496 e. The van der Waals surface area contributed by atoms with Gasteiger partial charge in [-0.2, -0.15) is 0 Å². The van der Waals surface area contributed by atoms with Crippen molar-refractivity contribution in [2.24, 2.45) is 5.73 Å². The van der Waals surface area contributed by atoms with E-state index in [9.17, 15) is 4.79 Å². The fourth-order valence-corrected chi connectivity index (χ4v) is 1.67. The fourth-order valence-electron chi connectivity index (χ4n) is 1.26. The first-order valence-corrected chi connectivity index (χ1v) is 5.08. The van der Waals surface area contributed by atoms with Gasteiger partial charge in [0.2, 0.25) is 0 Å². The Kier molecular flexibility index (Phi) is 4.11. The second kappa shape index (κ2) is 5.14. The highest BCUT2D eigenvalue weighted by molar-refractivity contribution is 9.10. The molecule has 0 saturated heterocycles. The summed E-state index contributed by atoms with van der Waals surface area (Å²) in [6.45, 7) is -0.0750. The number of methoxy groups -OCH3 is 2. The maximum atomic E-state index is 11.6. The third kappa shape index (κ3) is 2.49. The summed E-state index contributed by atoms with van der Waals surface area (Å²) in [5, 5.41) is 0. The third-order valence-corrected chi connectivity index (χ3v) is 2.39. The van der Waals surface area contributed by atoms with Crippen molar-refractivity contribution in [2.75, 3.05) is 20.8 Å². The molecule has 0 atom stereocenters. The molecule has 0 aromatic heterocycles. The predicted octanol–water partition coefficient (Wildman–Crippen LogP) is 1.61. The van der Waals surface area contributed by atoms with Crippen LogP contribution in [-0.4, -0.2) is 26.5 Å². The molecule has 0 bridgehead atoms. The average molecular weight is 274 g/mol. The van der Waals surface area contributed by atoms with E-state index in [2.05, 4.69) is 15.9 Å². The van der Waals surface area contributed by atoms with Crippen LogP contribution in [0.15, 0.2) is 16.6 Å². The minimum absolute atomic E-state index is 0.0750. The first-order valence-electron chi connectivity index (χ1n) is 4.28. The highest BCUT2D eigenvalue weighted by Crippen LogP contribution is 2.32. The van der Waals surface area contributed by atoms with Crippen LogP contribution < -0.4 is 15.2 Å². The van der Waals surface area contributed by atoms with Gasteiger partial charge in [0, 0.05) is 4.47 Å². The summed E-state index contributed by atoms with van der Waals surface area (Å²) >= 11 is 3.30. The van der Waals surface area contributed by atoms with Crippen molar-refractivity contribution >= 4 is 21.7 Å². The van der Waals surface area contributed by atoms with Crippen LogP contribution in [0.2, 0.25) is 0 Å². The molecule has 82 valence electrons. The number of carbonyl (C=O) groups is 1. The van der Waals surface area contributed by atoms with Crippen LogP contribution in [0.25, 0.3) is 0 Å². The molecule has 5 heteroatoms. The van der Waals surface area contributed by atoms with E-state index < -0.39 is 0 Å². The van der Waals surface area contributed by atoms with Crippen molar-refractivity contribution < 1.29 is 14.3 Å². The first-order chi connectivity index (χ1) is 7.13. The molecule has 0 spiro atoms. The lowest BCUT2D eigenvalue weighted by atomic mass is 10.1. The van der Waals surface area contributed by atoms with Crippen LogP contribution in [0, 0.1) is 0 Å². The summed E-state index contributed by atoms with van der Waals surface area (Å²) in [6.07, 6.45) is 0. The van der Waals surface area contributed by atoms with Crippen molar-refractivity contribution in [1.82, 2.24) is 0 Å². The van der Waals surface area contributed by atoms with Gasteiger partial charge in [-0.15, -0.1) is 0 Å². The molecule has 1 aromatic rings. The van der Waals surface area contributed by atoms with E-state index >= 15 is 0 Å². The molecule has 0 aliphatic rings. The van der Waals surface area contributed by atoms with Crippen LogP contribution in [0.1, 0.15) is 10.4 Å². The molecule has 0 heterocycles. The number of benzene rings is 1. The maximum absolute atomic E-state index is 11.6. The summed E-state index contributed by atoms with van der Waals surface area (Å²) in [5.41, 5.74) is 5.70. The van der Waals surface area contributed by atoms with Gasteiger partial charge in [-0.1, -0.05) is 15.9 Å². The number of ether oxygens (including phenoxy) is 2. The van der Waals surface area contributed by atoms with Gasteiger partial charge in [0.25, 0.3) is 0 Å². The topological polar surface area (TPSA) is 61.5 Å². The van der Waals surface area contributed by atoms with E-state index in [1.165, 1.54) is 14.2 Å². The van der Waals surface area contributed by atoms with E-state index in [1.54, 1.807) is 12.1 Å². The lowest BCUT2D eigenvalue weighted by molar-refractivity contribution is 0.0995. The smallest absolute Gasteiger partial charge is 0.183 e. The lowest BCUT2D eigenvalue weighted by Crippen LogP contribution is -2.15. The Morgan fingerprint density at radius 2 is 1.80 bits per heavy atom. The molecular formula is C10H12BrNO3. The normalized spacial score (nSPS) is 9.87. The highest BCUT2D eigenvalue weighted by atomic mass is 79.9. The number of hydrogen-bond acceptors (Lipinski definition) is 4. The largest absolute Gasteiger partial charge is 0.496 e. The second-order valence-corrected chi connectivity index (χ2v) is 3.73. The molecule has 15 heavy (non-hydrogen) atoms. The maximum Gasteiger partial charge on any atom is 0.183 e. The summed E-state index contributed by atoms with van der Waals surface area (Å²) in [7, 11) is 2.99. The highest BCUT2D eigenvalue weighted by Gasteiger charge is 2.17. The third-order valence-electron chi connectivity index (χ3n) is 1.93. The van der Waals surface area contributed by atoms with Gasteiger partial charge in [-0.05, 0) is 12.1 Å². The molecule has 0 unspecified atom stereocenters. The number of carbonyl (C=O) groups excluding carboxylic acids is 1. The van der Waals surface area contributed by atoms with Gasteiger partial charge < -0.3 is 15.2 Å². The standard InChI is InChI=1S/C10H12BrNO3/c1-14-8-3-6(11)4-9(15-2)10(8)7(13)5-12/h3-4H,5,12H2,1-2H3. The zero-order valence-corrected chi connectivity index (χ0v) is 10.1. The van der Waals surface area contributed by atoms with E-state index in [1.807, 2.05) is 0 Å². The van der Waals surface area contributed by atoms with Crippen LogP contribution in [0.3, 0.4) is 0 Å². The fraction of sp³-hybridized carbons (Fsp3) is 0.300. The number of hydrogen-bond donors (Lipinski definition) is 1. The first kappa shape index (κ1) is 12.0. The minimum atomic E-state index is -0.212. The van der Waals surface area contributed by atoms with E-state index in [0.717, 1.165) is 4.47 Å². The number of ketones is 1. The Balaban J connectivity index is 3.36. The van der Waals surface area contributed by atoms with Gasteiger partial charge in [0.1, 0.15) is 17.1 Å². The average Bonchev–Trinajstić information content (AvgIpc) is 2.26. The van der Waals surface area contributed by atoms with Crippen LogP contribution >= 0.6 is 15.9 Å². The van der Waals surface area contributed by atoms with Gasteiger partial charge in [0.05, 0.1) is 20.8 Å². The van der Waals surface area contributed by atoms with E-state index in [-0.39, 0.29) is 12.3 Å². The van der Waals surface area contributed by atoms with Gasteiger partial charge in [0.15, 0.2) is 5.78 Å². The summed E-state index contributed by atoms with van der Waals surface area (Å²) in [5.74, 6) is 0.699. The molecule has 2 N–H and O–H groups in total. The number of Topliss-reactive ketones (excluding diaryl/α,β-unsaturated/α-hetero) is 1. The van der Waals surface area contributed by atoms with E-state index in [0.29, 0.717) is 17.1 Å². The Bertz CT molecular complexity index is 354. The zero-order chi connectivity index (χ0) is 11.4. The van der Waals surface area contributed by atoms with Crippen molar-refractivity contribution in [3.05, 3.63) is 22.2 Å². The molecule has 1 aromatic carbocycles. The lowest BCUT2D eigenvalue weighted by Gasteiger charge is -2.12. The van der Waals surface area contributed by atoms with Gasteiger partial charge in [-0.3, -0.25) is 4.79 Å². The van der Waals surface area contributed by atoms with Crippen molar-refractivity contribution in [2.45, 2.75) is 0 Å². The van der Waals surface area contributed by atoms with Crippen LogP contribution in [0.4, 0.5) is 0 Å². The molecule has 4 nitrogen and oxygen atoms in total. The number of halogens is 1. The Morgan fingerprint density at radius 3 is 2.13 bits per heavy atom. The van der Waals surface area contributed by atoms with Crippen molar-refractivity contribution in [3.63, 3.8) is 0 Å². The molecule has 0 aliphatic heterocycles. The van der Waals surface area contributed by atoms with Crippen LogP contribution in [0.5, 0.6) is 11.5 Å².